The second-order valence-electron chi connectivity index (χ2n) is 5.18. The predicted molar refractivity (Wildman–Crippen MR) is 70.0 cm³/mol. The molecule has 1 aliphatic carbocycles. The molecule has 0 atom stereocenters. The van der Waals surface area contributed by atoms with Gasteiger partial charge in [0.2, 0.25) is 5.91 Å². The number of anilines is 1. The van der Waals surface area contributed by atoms with Crippen molar-refractivity contribution in [1.29, 1.82) is 0 Å². The zero-order chi connectivity index (χ0) is 12.5. The molecule has 92 valence electrons. The van der Waals surface area contributed by atoms with E-state index < -0.39 is 0 Å². The monoisotopic (exact) mass is 232 g/mol. The number of nitrogens with zero attached hydrogens (tertiary/aromatic N) is 1. The van der Waals surface area contributed by atoms with E-state index in [2.05, 4.69) is 0 Å². The summed E-state index contributed by atoms with van der Waals surface area (Å²) in [5.41, 5.74) is 7.96. The van der Waals surface area contributed by atoms with Gasteiger partial charge in [-0.05, 0) is 43.9 Å². The molecular weight excluding hydrogens is 212 g/mol. The molecule has 1 aliphatic rings. The topological polar surface area (TPSA) is 46.3 Å². The zero-order valence-corrected chi connectivity index (χ0v) is 10.6. The van der Waals surface area contributed by atoms with E-state index in [1.54, 1.807) is 4.90 Å². The lowest BCUT2D eigenvalue weighted by Gasteiger charge is -2.38. The summed E-state index contributed by atoms with van der Waals surface area (Å²) in [6.07, 6.45) is 3.55. The van der Waals surface area contributed by atoms with Crippen molar-refractivity contribution < 1.29 is 4.79 Å². The van der Waals surface area contributed by atoms with Crippen LogP contribution in [-0.4, -0.2) is 18.5 Å². The summed E-state index contributed by atoms with van der Waals surface area (Å²) in [6.45, 7) is 2.03. The number of rotatable bonds is 3. The van der Waals surface area contributed by atoms with Gasteiger partial charge in [0, 0.05) is 24.7 Å². The highest BCUT2D eigenvalue weighted by Crippen LogP contribution is 2.33. The molecular formula is C14H20N2O. The number of aryl methyl sites for hydroxylation is 1. The Labute approximate surface area is 103 Å². The van der Waals surface area contributed by atoms with Crippen LogP contribution in [0.5, 0.6) is 0 Å². The largest absolute Gasteiger partial charge is 0.325 e. The van der Waals surface area contributed by atoms with Gasteiger partial charge in [-0.3, -0.25) is 4.79 Å². The minimum atomic E-state index is -0.241. The van der Waals surface area contributed by atoms with E-state index in [0.29, 0.717) is 6.42 Å². The first-order valence-electron chi connectivity index (χ1n) is 6.12. The SMILES string of the molecule is Cc1cccc(N(C)C(=O)CC2(N)CCC2)c1. The van der Waals surface area contributed by atoms with Gasteiger partial charge in [0.15, 0.2) is 0 Å². The van der Waals surface area contributed by atoms with Gasteiger partial charge in [0.1, 0.15) is 0 Å². The standard InChI is InChI=1S/C14H20N2O/c1-11-5-3-6-12(9-11)16(2)13(17)10-14(15)7-4-8-14/h3,5-6,9H,4,7-8,10,15H2,1-2H3. The van der Waals surface area contributed by atoms with E-state index in [4.69, 9.17) is 5.73 Å². The first kappa shape index (κ1) is 12.1. The number of carbonyl (C=O) groups is 1. The second kappa shape index (κ2) is 4.49. The Bertz CT molecular complexity index is 424. The minimum absolute atomic E-state index is 0.109. The second-order valence-corrected chi connectivity index (χ2v) is 5.18. The van der Waals surface area contributed by atoms with Crippen LogP contribution in [0, 0.1) is 6.92 Å². The van der Waals surface area contributed by atoms with Crippen molar-refractivity contribution in [3.63, 3.8) is 0 Å². The average molecular weight is 232 g/mol. The quantitative estimate of drug-likeness (QED) is 0.868. The van der Waals surface area contributed by atoms with Crippen LogP contribution in [0.2, 0.25) is 0 Å². The molecule has 17 heavy (non-hydrogen) atoms. The summed E-state index contributed by atoms with van der Waals surface area (Å²) in [6, 6.07) is 7.96. The molecule has 0 radical (unpaired) electrons. The Balaban J connectivity index is 2.04. The lowest BCUT2D eigenvalue weighted by atomic mass is 9.75. The fraction of sp³-hybridized carbons (Fsp3) is 0.500. The van der Waals surface area contributed by atoms with Crippen molar-refractivity contribution in [2.75, 3.05) is 11.9 Å². The summed E-state index contributed by atoms with van der Waals surface area (Å²) in [5.74, 6) is 0.109. The number of amides is 1. The molecule has 1 fully saturated rings. The molecule has 0 unspecified atom stereocenters. The van der Waals surface area contributed by atoms with Crippen LogP contribution in [-0.2, 0) is 4.79 Å². The van der Waals surface area contributed by atoms with Crippen LogP contribution in [0.4, 0.5) is 5.69 Å². The zero-order valence-electron chi connectivity index (χ0n) is 10.6. The molecule has 0 aromatic heterocycles. The van der Waals surface area contributed by atoms with Gasteiger partial charge in [-0.25, -0.2) is 0 Å². The number of nitrogens with two attached hydrogens (primary N) is 1. The van der Waals surface area contributed by atoms with E-state index in [1.165, 1.54) is 0 Å². The molecule has 1 aromatic carbocycles. The maximum Gasteiger partial charge on any atom is 0.228 e. The Morgan fingerprint density at radius 1 is 1.47 bits per heavy atom. The van der Waals surface area contributed by atoms with Crippen molar-refractivity contribution >= 4 is 11.6 Å². The molecule has 0 bridgehead atoms. The Morgan fingerprint density at radius 2 is 2.18 bits per heavy atom. The molecule has 3 heteroatoms. The maximum atomic E-state index is 12.1. The highest BCUT2D eigenvalue weighted by molar-refractivity contribution is 5.93. The van der Waals surface area contributed by atoms with Crippen molar-refractivity contribution in [3.05, 3.63) is 29.8 Å². The summed E-state index contributed by atoms with van der Waals surface area (Å²) in [5, 5.41) is 0. The molecule has 1 amide bonds. The Hall–Kier alpha value is -1.35. The fourth-order valence-corrected chi connectivity index (χ4v) is 2.21. The van der Waals surface area contributed by atoms with Gasteiger partial charge in [0.05, 0.1) is 0 Å². The summed E-state index contributed by atoms with van der Waals surface area (Å²) in [4.78, 5) is 13.8. The summed E-state index contributed by atoms with van der Waals surface area (Å²) in [7, 11) is 1.82. The van der Waals surface area contributed by atoms with Crippen molar-refractivity contribution in [2.45, 2.75) is 38.1 Å². The van der Waals surface area contributed by atoms with Crippen LogP contribution >= 0.6 is 0 Å². The number of benzene rings is 1. The number of carbonyl (C=O) groups excluding carboxylic acids is 1. The highest BCUT2D eigenvalue weighted by atomic mass is 16.2. The van der Waals surface area contributed by atoms with Crippen molar-refractivity contribution in [2.24, 2.45) is 5.73 Å². The van der Waals surface area contributed by atoms with Gasteiger partial charge in [0.25, 0.3) is 0 Å². The van der Waals surface area contributed by atoms with Crippen LogP contribution in [0.3, 0.4) is 0 Å². The van der Waals surface area contributed by atoms with Crippen LogP contribution < -0.4 is 10.6 Å². The Morgan fingerprint density at radius 3 is 2.71 bits per heavy atom. The molecule has 3 nitrogen and oxygen atoms in total. The first-order valence-corrected chi connectivity index (χ1v) is 6.12. The fourth-order valence-electron chi connectivity index (χ4n) is 2.21. The smallest absolute Gasteiger partial charge is 0.228 e. The molecule has 0 spiro atoms. The minimum Gasteiger partial charge on any atom is -0.325 e. The lowest BCUT2D eigenvalue weighted by Crippen LogP contribution is -2.50. The predicted octanol–water partition coefficient (Wildman–Crippen LogP) is 2.23. The van der Waals surface area contributed by atoms with E-state index in [9.17, 15) is 4.79 Å². The van der Waals surface area contributed by atoms with Crippen molar-refractivity contribution in [1.82, 2.24) is 0 Å². The summed E-state index contributed by atoms with van der Waals surface area (Å²) < 4.78 is 0. The van der Waals surface area contributed by atoms with Gasteiger partial charge in [-0.15, -0.1) is 0 Å². The van der Waals surface area contributed by atoms with E-state index in [-0.39, 0.29) is 11.4 Å². The molecule has 1 aromatic rings. The van der Waals surface area contributed by atoms with E-state index >= 15 is 0 Å². The number of hydrogen-bond acceptors (Lipinski definition) is 2. The Kier molecular flexibility index (Phi) is 3.20. The van der Waals surface area contributed by atoms with Crippen LogP contribution in [0.1, 0.15) is 31.2 Å². The molecule has 0 aliphatic heterocycles. The lowest BCUT2D eigenvalue weighted by molar-refractivity contribution is -0.120. The summed E-state index contributed by atoms with van der Waals surface area (Å²) >= 11 is 0. The van der Waals surface area contributed by atoms with E-state index in [1.807, 2.05) is 38.2 Å². The third-order valence-corrected chi connectivity index (χ3v) is 3.62. The van der Waals surface area contributed by atoms with Crippen molar-refractivity contribution in [3.8, 4) is 0 Å². The highest BCUT2D eigenvalue weighted by Gasteiger charge is 2.35. The van der Waals surface area contributed by atoms with E-state index in [0.717, 1.165) is 30.5 Å². The maximum absolute atomic E-state index is 12.1. The molecule has 2 N–H and O–H groups in total. The van der Waals surface area contributed by atoms with Gasteiger partial charge >= 0.3 is 0 Å². The normalized spacial score (nSPS) is 17.4. The molecule has 0 heterocycles. The van der Waals surface area contributed by atoms with Gasteiger partial charge < -0.3 is 10.6 Å². The number of hydrogen-bond donors (Lipinski definition) is 1. The average Bonchev–Trinajstić information content (AvgIpc) is 2.26. The third-order valence-electron chi connectivity index (χ3n) is 3.62. The third kappa shape index (κ3) is 2.67. The molecule has 1 saturated carbocycles. The molecule has 0 saturated heterocycles. The van der Waals surface area contributed by atoms with Crippen LogP contribution in [0.25, 0.3) is 0 Å². The van der Waals surface area contributed by atoms with Gasteiger partial charge in [-0.1, -0.05) is 12.1 Å². The molecule has 2 rings (SSSR count). The van der Waals surface area contributed by atoms with Crippen LogP contribution in [0.15, 0.2) is 24.3 Å². The first-order chi connectivity index (χ1) is 8.00. The van der Waals surface area contributed by atoms with Gasteiger partial charge in [-0.2, -0.15) is 0 Å².